The number of hydrogen-bond acceptors (Lipinski definition) is 5. The summed E-state index contributed by atoms with van der Waals surface area (Å²) in [4.78, 5) is 4.11. The van der Waals surface area contributed by atoms with E-state index in [1.165, 1.54) is 0 Å². The predicted octanol–water partition coefficient (Wildman–Crippen LogP) is 2.66. The standard InChI is InChI=1S/C14H15N5S/c1-19-13(11-3-2-6-16-9-11)17-18-14(19)20-12-5-4-10(7-12)8-15/h2-3,6,9-10,12H,4-5,7H2,1H3. The fraction of sp³-hybridized carbons (Fsp3) is 0.429. The van der Waals surface area contributed by atoms with Gasteiger partial charge >= 0.3 is 0 Å². The number of rotatable bonds is 3. The summed E-state index contributed by atoms with van der Waals surface area (Å²) in [6.45, 7) is 0. The van der Waals surface area contributed by atoms with E-state index in [1.54, 1.807) is 24.2 Å². The number of thioether (sulfide) groups is 1. The number of nitriles is 1. The molecule has 2 atom stereocenters. The van der Waals surface area contributed by atoms with E-state index in [9.17, 15) is 0 Å². The first kappa shape index (κ1) is 13.1. The molecule has 0 aliphatic heterocycles. The van der Waals surface area contributed by atoms with Crippen LogP contribution >= 0.6 is 11.8 Å². The number of nitrogens with zero attached hydrogens (tertiary/aromatic N) is 5. The van der Waals surface area contributed by atoms with Crippen LogP contribution in [0.2, 0.25) is 0 Å². The molecule has 0 radical (unpaired) electrons. The zero-order chi connectivity index (χ0) is 13.9. The van der Waals surface area contributed by atoms with Crippen molar-refractivity contribution >= 4 is 11.8 Å². The second-order valence-corrected chi connectivity index (χ2v) is 6.25. The molecule has 1 saturated carbocycles. The summed E-state index contributed by atoms with van der Waals surface area (Å²) in [5.41, 5.74) is 0.968. The molecule has 102 valence electrons. The molecule has 2 unspecified atom stereocenters. The molecule has 0 N–H and O–H groups in total. The Balaban J connectivity index is 1.77. The van der Waals surface area contributed by atoms with E-state index >= 15 is 0 Å². The first-order valence-electron chi connectivity index (χ1n) is 6.64. The van der Waals surface area contributed by atoms with Crippen molar-refractivity contribution in [2.45, 2.75) is 29.7 Å². The van der Waals surface area contributed by atoms with Crippen LogP contribution in [-0.2, 0) is 7.05 Å². The van der Waals surface area contributed by atoms with E-state index in [2.05, 4.69) is 21.3 Å². The largest absolute Gasteiger partial charge is 0.305 e. The van der Waals surface area contributed by atoms with Gasteiger partial charge in [0.2, 0.25) is 0 Å². The van der Waals surface area contributed by atoms with Crippen LogP contribution in [0.4, 0.5) is 0 Å². The topological polar surface area (TPSA) is 67.4 Å². The van der Waals surface area contributed by atoms with Gasteiger partial charge in [0, 0.05) is 36.2 Å². The van der Waals surface area contributed by atoms with Gasteiger partial charge in [-0.3, -0.25) is 4.98 Å². The minimum atomic E-state index is 0.207. The van der Waals surface area contributed by atoms with Crippen LogP contribution < -0.4 is 0 Å². The van der Waals surface area contributed by atoms with Gasteiger partial charge in [0.05, 0.1) is 6.07 Å². The number of pyridine rings is 1. The van der Waals surface area contributed by atoms with Crippen LogP contribution in [0.3, 0.4) is 0 Å². The van der Waals surface area contributed by atoms with Gasteiger partial charge < -0.3 is 4.57 Å². The average Bonchev–Trinajstić information content (AvgIpc) is 3.08. The van der Waals surface area contributed by atoms with Crippen molar-refractivity contribution in [3.63, 3.8) is 0 Å². The highest BCUT2D eigenvalue weighted by molar-refractivity contribution is 7.99. The third-order valence-corrected chi connectivity index (χ3v) is 4.92. The van der Waals surface area contributed by atoms with Crippen LogP contribution in [0, 0.1) is 17.2 Å². The van der Waals surface area contributed by atoms with Crippen molar-refractivity contribution in [1.29, 1.82) is 5.26 Å². The van der Waals surface area contributed by atoms with Crippen LogP contribution in [0.1, 0.15) is 19.3 Å². The summed E-state index contributed by atoms with van der Waals surface area (Å²) in [6, 6.07) is 6.23. The smallest absolute Gasteiger partial charge is 0.191 e. The predicted molar refractivity (Wildman–Crippen MR) is 76.8 cm³/mol. The van der Waals surface area contributed by atoms with E-state index in [1.807, 2.05) is 23.7 Å². The molecule has 5 nitrogen and oxygen atoms in total. The SMILES string of the molecule is Cn1c(SC2CCC(C#N)C2)nnc1-c1cccnc1. The zero-order valence-electron chi connectivity index (χ0n) is 11.2. The minimum absolute atomic E-state index is 0.207. The second kappa shape index (κ2) is 5.63. The first-order valence-corrected chi connectivity index (χ1v) is 7.52. The molecule has 1 aliphatic carbocycles. The molecule has 20 heavy (non-hydrogen) atoms. The molecule has 6 heteroatoms. The molecule has 0 bridgehead atoms. The van der Waals surface area contributed by atoms with Crippen molar-refractivity contribution < 1.29 is 0 Å². The zero-order valence-corrected chi connectivity index (χ0v) is 12.0. The average molecular weight is 285 g/mol. The Morgan fingerprint density at radius 3 is 3.00 bits per heavy atom. The fourth-order valence-corrected chi connectivity index (χ4v) is 3.69. The van der Waals surface area contributed by atoms with Crippen LogP contribution in [0.25, 0.3) is 11.4 Å². The van der Waals surface area contributed by atoms with Gasteiger partial charge in [0.1, 0.15) is 0 Å². The highest BCUT2D eigenvalue weighted by atomic mass is 32.2. The maximum absolute atomic E-state index is 8.96. The molecule has 0 saturated heterocycles. The molecule has 1 aliphatic rings. The molecule has 0 spiro atoms. The normalized spacial score (nSPS) is 21.8. The van der Waals surface area contributed by atoms with Crippen molar-refractivity contribution in [1.82, 2.24) is 19.7 Å². The minimum Gasteiger partial charge on any atom is -0.305 e. The van der Waals surface area contributed by atoms with Gasteiger partial charge in [-0.15, -0.1) is 10.2 Å². The first-order chi connectivity index (χ1) is 9.78. The lowest BCUT2D eigenvalue weighted by atomic mass is 10.1. The van der Waals surface area contributed by atoms with E-state index in [-0.39, 0.29) is 5.92 Å². The summed E-state index contributed by atoms with van der Waals surface area (Å²) in [5.74, 6) is 1.04. The molecule has 2 aromatic heterocycles. The summed E-state index contributed by atoms with van der Waals surface area (Å²) in [7, 11) is 1.97. The van der Waals surface area contributed by atoms with Crippen LogP contribution in [0.15, 0.2) is 29.7 Å². The van der Waals surface area contributed by atoms with Crippen LogP contribution in [-0.4, -0.2) is 25.0 Å². The maximum Gasteiger partial charge on any atom is 0.191 e. The molecular weight excluding hydrogens is 270 g/mol. The number of aromatic nitrogens is 4. The monoisotopic (exact) mass is 285 g/mol. The maximum atomic E-state index is 8.96. The Bertz CT molecular complexity index is 631. The second-order valence-electron chi connectivity index (χ2n) is 4.99. The lowest BCUT2D eigenvalue weighted by molar-refractivity contribution is 0.702. The summed E-state index contributed by atoms with van der Waals surface area (Å²) in [6.07, 6.45) is 6.57. The van der Waals surface area contributed by atoms with Gasteiger partial charge in [-0.1, -0.05) is 11.8 Å². The van der Waals surface area contributed by atoms with Gasteiger partial charge in [0.25, 0.3) is 0 Å². The number of hydrogen-bond donors (Lipinski definition) is 0. The lowest BCUT2D eigenvalue weighted by Crippen LogP contribution is -2.01. The van der Waals surface area contributed by atoms with Crippen molar-refractivity contribution in [2.24, 2.45) is 13.0 Å². The Hall–Kier alpha value is -1.87. The third kappa shape index (κ3) is 2.54. The summed E-state index contributed by atoms with van der Waals surface area (Å²) < 4.78 is 2.00. The third-order valence-electron chi connectivity index (χ3n) is 3.59. The van der Waals surface area contributed by atoms with Crippen LogP contribution in [0.5, 0.6) is 0 Å². The fourth-order valence-electron chi connectivity index (χ4n) is 2.48. The molecule has 1 fully saturated rings. The van der Waals surface area contributed by atoms with Gasteiger partial charge in [-0.25, -0.2) is 0 Å². The highest BCUT2D eigenvalue weighted by Gasteiger charge is 2.27. The Morgan fingerprint density at radius 1 is 1.40 bits per heavy atom. The molecule has 0 aromatic carbocycles. The van der Waals surface area contributed by atoms with Crippen molar-refractivity contribution in [3.8, 4) is 17.5 Å². The lowest BCUT2D eigenvalue weighted by Gasteiger charge is -2.08. The van der Waals surface area contributed by atoms with Gasteiger partial charge in [0.15, 0.2) is 11.0 Å². The van der Waals surface area contributed by atoms with E-state index in [0.29, 0.717) is 5.25 Å². The molecule has 3 rings (SSSR count). The Morgan fingerprint density at radius 2 is 2.30 bits per heavy atom. The molecular formula is C14H15N5S. The van der Waals surface area contributed by atoms with Crippen molar-refractivity contribution in [2.75, 3.05) is 0 Å². The Kier molecular flexibility index (Phi) is 3.70. The van der Waals surface area contributed by atoms with Gasteiger partial charge in [-0.2, -0.15) is 5.26 Å². The molecule has 2 aromatic rings. The van der Waals surface area contributed by atoms with Gasteiger partial charge in [-0.05, 0) is 31.4 Å². The molecule has 2 heterocycles. The van der Waals surface area contributed by atoms with E-state index in [0.717, 1.165) is 35.8 Å². The highest BCUT2D eigenvalue weighted by Crippen LogP contribution is 2.37. The van der Waals surface area contributed by atoms with E-state index < -0.39 is 0 Å². The summed E-state index contributed by atoms with van der Waals surface area (Å²) >= 11 is 1.73. The quantitative estimate of drug-likeness (QED) is 0.867. The Labute approximate surface area is 122 Å². The molecule has 0 amide bonds. The van der Waals surface area contributed by atoms with E-state index in [4.69, 9.17) is 5.26 Å². The summed E-state index contributed by atoms with van der Waals surface area (Å²) in [5, 5.41) is 18.9. The van der Waals surface area contributed by atoms with Crippen molar-refractivity contribution in [3.05, 3.63) is 24.5 Å².